The Kier molecular flexibility index (Phi) is 9.92. The molecule has 0 amide bonds. The summed E-state index contributed by atoms with van der Waals surface area (Å²) in [5, 5.41) is 0. The molecule has 0 aliphatic heterocycles. The molecule has 1 heteroatoms. The molecule has 0 unspecified atom stereocenters. The van der Waals surface area contributed by atoms with Gasteiger partial charge in [0.1, 0.15) is 0 Å². The quantitative estimate of drug-likeness (QED) is 0.362. The Morgan fingerprint density at radius 3 is 1.21 bits per heavy atom. The summed E-state index contributed by atoms with van der Waals surface area (Å²) in [4.78, 5) is 0. The summed E-state index contributed by atoms with van der Waals surface area (Å²) in [6.45, 7) is 9.52. The van der Waals surface area contributed by atoms with Gasteiger partial charge in [-0.15, -0.1) is 12.8 Å². The molecule has 29 heavy (non-hydrogen) atoms. The van der Waals surface area contributed by atoms with Crippen LogP contribution in [0.4, 0.5) is 0 Å². The zero-order valence-electron chi connectivity index (χ0n) is 19.4. The Bertz CT molecular complexity index is 561. The van der Waals surface area contributed by atoms with Crippen LogP contribution in [0.2, 0.25) is 0 Å². The minimum atomic E-state index is 0. The van der Waals surface area contributed by atoms with E-state index in [1.165, 1.54) is 75.4 Å². The molecule has 0 spiro atoms. The van der Waals surface area contributed by atoms with Gasteiger partial charge in [0.05, 0.1) is 0 Å². The normalized spacial score (nSPS) is 24.6. The van der Waals surface area contributed by atoms with Gasteiger partial charge < -0.3 is 0 Å². The number of rotatable bonds is 4. The molecule has 4 aliphatic rings. The molecule has 2 saturated carbocycles. The first kappa shape index (κ1) is 25.1. The van der Waals surface area contributed by atoms with Crippen molar-refractivity contribution in [3.63, 3.8) is 0 Å². The predicted octanol–water partition coefficient (Wildman–Crippen LogP) is 8.56. The van der Waals surface area contributed by atoms with Crippen LogP contribution in [-0.4, -0.2) is 0 Å². The fourth-order valence-corrected chi connectivity index (χ4v) is 6.17. The van der Waals surface area contributed by atoms with Gasteiger partial charge in [-0.3, -0.25) is 12.2 Å². The molecular weight excluding hydrogens is 428 g/mol. The van der Waals surface area contributed by atoms with E-state index in [-0.39, 0.29) is 26.2 Å². The molecule has 4 rings (SSSR count). The largest absolute Gasteiger partial charge is 2.00 e. The molecule has 2 fully saturated rings. The van der Waals surface area contributed by atoms with Crippen molar-refractivity contribution >= 4 is 0 Å². The Balaban J connectivity index is 0.000000200. The van der Waals surface area contributed by atoms with Crippen molar-refractivity contribution in [3.05, 3.63) is 47.6 Å². The SMILES string of the molecule is CC(C)C1(C2=[C-]CC=C2)CCCCC1.CC(C)C1(C2=[C-]CC=C2)CCCCC1.[Zr+2]. The number of allylic oxidation sites excluding steroid dienone is 8. The minimum absolute atomic E-state index is 0. The third-order valence-electron chi connectivity index (χ3n) is 8.16. The van der Waals surface area contributed by atoms with Crippen molar-refractivity contribution in [2.24, 2.45) is 22.7 Å². The van der Waals surface area contributed by atoms with Crippen molar-refractivity contribution in [1.29, 1.82) is 0 Å². The van der Waals surface area contributed by atoms with Gasteiger partial charge in [0.2, 0.25) is 0 Å². The van der Waals surface area contributed by atoms with E-state index in [4.69, 9.17) is 0 Å². The van der Waals surface area contributed by atoms with Gasteiger partial charge in [0.15, 0.2) is 0 Å². The van der Waals surface area contributed by atoms with Crippen LogP contribution in [0.3, 0.4) is 0 Å². The second kappa shape index (κ2) is 11.5. The zero-order valence-corrected chi connectivity index (χ0v) is 21.9. The summed E-state index contributed by atoms with van der Waals surface area (Å²) in [7, 11) is 0. The van der Waals surface area contributed by atoms with Crippen molar-refractivity contribution in [1.82, 2.24) is 0 Å². The summed E-state index contributed by atoms with van der Waals surface area (Å²) in [5.41, 5.74) is 4.00. The average molecular weight is 470 g/mol. The zero-order chi connectivity index (χ0) is 20.0. The van der Waals surface area contributed by atoms with Crippen LogP contribution < -0.4 is 0 Å². The number of hydrogen-bond donors (Lipinski definition) is 0. The van der Waals surface area contributed by atoms with Crippen LogP contribution in [0.1, 0.15) is 105 Å². The van der Waals surface area contributed by atoms with E-state index in [1.54, 1.807) is 0 Å². The third-order valence-corrected chi connectivity index (χ3v) is 8.16. The van der Waals surface area contributed by atoms with E-state index >= 15 is 0 Å². The van der Waals surface area contributed by atoms with E-state index in [0.717, 1.165) is 24.7 Å². The summed E-state index contributed by atoms with van der Waals surface area (Å²) in [6.07, 6.45) is 32.4. The maximum absolute atomic E-state index is 3.55. The van der Waals surface area contributed by atoms with Gasteiger partial charge in [-0.1, -0.05) is 66.2 Å². The minimum Gasteiger partial charge on any atom is -0.269 e. The Morgan fingerprint density at radius 2 is 0.966 bits per heavy atom. The predicted molar refractivity (Wildman–Crippen MR) is 122 cm³/mol. The van der Waals surface area contributed by atoms with E-state index in [0.29, 0.717) is 10.8 Å². The van der Waals surface area contributed by atoms with Crippen LogP contribution in [-0.2, 0) is 26.2 Å². The summed E-state index contributed by atoms with van der Waals surface area (Å²) in [5.74, 6) is 1.54. The van der Waals surface area contributed by atoms with Crippen LogP contribution >= 0.6 is 0 Å². The molecule has 0 heterocycles. The Hall–Kier alpha value is -0.157. The van der Waals surface area contributed by atoms with Gasteiger partial charge in [0, 0.05) is 0 Å². The summed E-state index contributed by atoms with van der Waals surface area (Å²) >= 11 is 0. The van der Waals surface area contributed by atoms with Crippen LogP contribution in [0.5, 0.6) is 0 Å². The number of hydrogen-bond acceptors (Lipinski definition) is 0. The Labute approximate surface area is 200 Å². The molecular formula is C28H42Zr. The Morgan fingerprint density at radius 1 is 0.621 bits per heavy atom. The molecule has 0 aromatic heterocycles. The fraction of sp³-hybridized carbons (Fsp3) is 0.714. The van der Waals surface area contributed by atoms with Crippen LogP contribution in [0.25, 0.3) is 0 Å². The molecule has 0 atom stereocenters. The maximum Gasteiger partial charge on any atom is 2.00 e. The van der Waals surface area contributed by atoms with Crippen molar-refractivity contribution < 1.29 is 26.2 Å². The van der Waals surface area contributed by atoms with Gasteiger partial charge in [-0.05, 0) is 48.3 Å². The standard InChI is InChI=1S/2C14H21.Zr/c2*1-12(2)14(10-6-3-7-11-14)13-8-4-5-9-13;/h2*4,8,12H,3,5-7,10-11H2,1-2H3;/q2*-1;+2. The van der Waals surface area contributed by atoms with E-state index < -0.39 is 0 Å². The van der Waals surface area contributed by atoms with Gasteiger partial charge in [-0.2, -0.15) is 12.2 Å². The van der Waals surface area contributed by atoms with E-state index in [9.17, 15) is 0 Å². The molecule has 0 aromatic carbocycles. The molecule has 0 saturated heterocycles. The van der Waals surface area contributed by atoms with E-state index in [2.05, 4.69) is 64.2 Å². The maximum atomic E-state index is 3.55. The molecule has 0 bridgehead atoms. The fourth-order valence-electron chi connectivity index (χ4n) is 6.17. The van der Waals surface area contributed by atoms with Crippen LogP contribution in [0.15, 0.2) is 35.5 Å². The monoisotopic (exact) mass is 468 g/mol. The topological polar surface area (TPSA) is 0 Å². The van der Waals surface area contributed by atoms with Crippen molar-refractivity contribution in [3.8, 4) is 0 Å². The van der Waals surface area contributed by atoms with Crippen molar-refractivity contribution in [2.75, 3.05) is 0 Å². The smallest absolute Gasteiger partial charge is 0.269 e. The first-order valence-corrected chi connectivity index (χ1v) is 12.1. The van der Waals surface area contributed by atoms with Gasteiger partial charge >= 0.3 is 26.2 Å². The summed E-state index contributed by atoms with van der Waals surface area (Å²) in [6, 6.07) is 0. The molecule has 0 radical (unpaired) electrons. The third kappa shape index (κ3) is 5.56. The molecule has 0 nitrogen and oxygen atoms in total. The molecule has 158 valence electrons. The average Bonchev–Trinajstić information content (AvgIpc) is 3.44. The molecule has 0 N–H and O–H groups in total. The van der Waals surface area contributed by atoms with Gasteiger partial charge in [-0.25, -0.2) is 23.3 Å². The second-order valence-electron chi connectivity index (χ2n) is 10.1. The second-order valence-corrected chi connectivity index (χ2v) is 10.1. The molecule has 0 aromatic rings. The van der Waals surface area contributed by atoms with Crippen molar-refractivity contribution in [2.45, 2.75) is 105 Å². The van der Waals surface area contributed by atoms with Crippen LogP contribution in [0, 0.1) is 34.8 Å². The summed E-state index contributed by atoms with van der Waals surface area (Å²) < 4.78 is 0. The first-order valence-electron chi connectivity index (χ1n) is 12.1. The van der Waals surface area contributed by atoms with E-state index in [1.807, 2.05) is 0 Å². The van der Waals surface area contributed by atoms with Gasteiger partial charge in [0.25, 0.3) is 0 Å². The molecule has 4 aliphatic carbocycles. The first-order chi connectivity index (χ1) is 13.5.